The molecule has 126 valence electrons. The van der Waals surface area contributed by atoms with E-state index in [0.29, 0.717) is 15.6 Å². The van der Waals surface area contributed by atoms with Gasteiger partial charge in [0, 0.05) is 26.8 Å². The van der Waals surface area contributed by atoms with Gasteiger partial charge in [0.25, 0.3) is 5.91 Å². The van der Waals surface area contributed by atoms with Gasteiger partial charge in [-0.25, -0.2) is 0 Å². The van der Waals surface area contributed by atoms with Gasteiger partial charge in [0.05, 0.1) is 11.1 Å². The molecular formula is C20H16Cl2N2O. The van der Waals surface area contributed by atoms with E-state index in [1.807, 2.05) is 37.3 Å². The lowest BCUT2D eigenvalue weighted by Gasteiger charge is -2.14. The summed E-state index contributed by atoms with van der Waals surface area (Å²) in [7, 11) is 0. The number of hydrogen-bond acceptors (Lipinski definition) is 2. The van der Waals surface area contributed by atoms with Gasteiger partial charge in [0.15, 0.2) is 0 Å². The smallest absolute Gasteiger partial charge is 0.256 e. The fourth-order valence-corrected chi connectivity index (χ4v) is 3.84. The number of anilines is 1. The van der Waals surface area contributed by atoms with Gasteiger partial charge in [-0.3, -0.25) is 9.78 Å². The zero-order valence-corrected chi connectivity index (χ0v) is 15.2. The van der Waals surface area contributed by atoms with Crippen molar-refractivity contribution in [2.45, 2.75) is 26.2 Å². The molecule has 0 saturated carbocycles. The summed E-state index contributed by atoms with van der Waals surface area (Å²) < 4.78 is 0. The van der Waals surface area contributed by atoms with Crippen LogP contribution in [0.4, 0.5) is 5.69 Å². The molecule has 1 heterocycles. The van der Waals surface area contributed by atoms with Crippen molar-refractivity contribution in [1.82, 2.24) is 4.98 Å². The Morgan fingerprint density at radius 1 is 1.08 bits per heavy atom. The summed E-state index contributed by atoms with van der Waals surface area (Å²) in [5.41, 5.74) is 5.24. The first-order chi connectivity index (χ1) is 12.0. The van der Waals surface area contributed by atoms with E-state index in [2.05, 4.69) is 5.32 Å². The van der Waals surface area contributed by atoms with E-state index in [9.17, 15) is 4.79 Å². The number of aromatic nitrogens is 1. The van der Waals surface area contributed by atoms with Crippen LogP contribution in [0.5, 0.6) is 0 Å². The minimum Gasteiger partial charge on any atom is -0.322 e. The van der Waals surface area contributed by atoms with E-state index in [-0.39, 0.29) is 5.91 Å². The molecule has 3 nitrogen and oxygen atoms in total. The van der Waals surface area contributed by atoms with Gasteiger partial charge in [-0.1, -0.05) is 23.2 Å². The maximum absolute atomic E-state index is 13.1. The minimum atomic E-state index is -0.127. The highest BCUT2D eigenvalue weighted by atomic mass is 35.5. The SMILES string of the molecule is Cc1cc(Cl)ccc1NC(=O)c1c2c(nc3ccc(Cl)cc13)CCC2. The molecule has 0 fully saturated rings. The normalized spacial score (nSPS) is 13.1. The number of amides is 1. The van der Waals surface area contributed by atoms with Crippen LogP contribution in [0.25, 0.3) is 10.9 Å². The second kappa shape index (κ2) is 6.32. The van der Waals surface area contributed by atoms with Crippen LogP contribution in [0.3, 0.4) is 0 Å². The van der Waals surface area contributed by atoms with Gasteiger partial charge in [0.2, 0.25) is 0 Å². The number of benzene rings is 2. The molecule has 0 aliphatic heterocycles. The molecule has 1 aliphatic carbocycles. The Labute approximate surface area is 156 Å². The van der Waals surface area contributed by atoms with Crippen molar-refractivity contribution in [3.8, 4) is 0 Å². The second-order valence-electron chi connectivity index (χ2n) is 6.34. The molecule has 1 amide bonds. The molecule has 0 unspecified atom stereocenters. The van der Waals surface area contributed by atoms with Crippen molar-refractivity contribution in [3.05, 3.63) is 68.8 Å². The van der Waals surface area contributed by atoms with Crippen molar-refractivity contribution >= 4 is 45.7 Å². The summed E-state index contributed by atoms with van der Waals surface area (Å²) in [6, 6.07) is 10.9. The summed E-state index contributed by atoms with van der Waals surface area (Å²) in [6.45, 7) is 1.92. The number of carbonyl (C=O) groups excluding carboxylic acids is 1. The number of nitrogens with one attached hydrogen (secondary N) is 1. The first kappa shape index (κ1) is 16.4. The Bertz CT molecular complexity index is 1010. The van der Waals surface area contributed by atoms with E-state index in [1.165, 1.54) is 0 Å². The van der Waals surface area contributed by atoms with E-state index < -0.39 is 0 Å². The molecule has 4 rings (SSSR count). The third-order valence-corrected chi connectivity index (χ3v) is 5.11. The molecule has 0 saturated heterocycles. The summed E-state index contributed by atoms with van der Waals surface area (Å²) in [6.07, 6.45) is 2.80. The molecule has 5 heteroatoms. The van der Waals surface area contributed by atoms with Crippen LogP contribution in [0.2, 0.25) is 10.0 Å². The van der Waals surface area contributed by atoms with Crippen LogP contribution < -0.4 is 5.32 Å². The van der Waals surface area contributed by atoms with E-state index in [1.54, 1.807) is 6.07 Å². The number of nitrogens with zero attached hydrogens (tertiary/aromatic N) is 1. The molecule has 1 aromatic heterocycles. The molecule has 0 spiro atoms. The third kappa shape index (κ3) is 2.99. The van der Waals surface area contributed by atoms with E-state index >= 15 is 0 Å². The highest BCUT2D eigenvalue weighted by molar-refractivity contribution is 6.32. The summed E-state index contributed by atoms with van der Waals surface area (Å²) in [5, 5.41) is 5.08. The number of fused-ring (bicyclic) bond motifs is 2. The highest BCUT2D eigenvalue weighted by Crippen LogP contribution is 2.32. The maximum atomic E-state index is 13.1. The maximum Gasteiger partial charge on any atom is 0.256 e. The zero-order valence-electron chi connectivity index (χ0n) is 13.7. The largest absolute Gasteiger partial charge is 0.322 e. The van der Waals surface area contributed by atoms with Gasteiger partial charge >= 0.3 is 0 Å². The van der Waals surface area contributed by atoms with Crippen LogP contribution >= 0.6 is 23.2 Å². The summed E-state index contributed by atoms with van der Waals surface area (Å²) in [4.78, 5) is 17.8. The molecule has 0 radical (unpaired) electrons. The third-order valence-electron chi connectivity index (χ3n) is 4.64. The van der Waals surface area contributed by atoms with Gasteiger partial charge in [-0.05, 0) is 73.7 Å². The lowest BCUT2D eigenvalue weighted by Crippen LogP contribution is -2.16. The Balaban J connectivity index is 1.84. The van der Waals surface area contributed by atoms with Crippen LogP contribution in [0, 0.1) is 6.92 Å². The number of aryl methyl sites for hydroxylation is 2. The summed E-state index contributed by atoms with van der Waals surface area (Å²) in [5.74, 6) is -0.127. The van der Waals surface area contributed by atoms with Crippen LogP contribution in [0.1, 0.15) is 33.6 Å². The first-order valence-electron chi connectivity index (χ1n) is 8.21. The molecule has 1 aliphatic rings. The van der Waals surface area contributed by atoms with Crippen LogP contribution in [0.15, 0.2) is 36.4 Å². The number of hydrogen-bond donors (Lipinski definition) is 1. The zero-order chi connectivity index (χ0) is 17.6. The van der Waals surface area contributed by atoms with E-state index in [0.717, 1.165) is 52.7 Å². The Hall–Kier alpha value is -2.10. The monoisotopic (exact) mass is 370 g/mol. The Morgan fingerprint density at radius 3 is 2.64 bits per heavy atom. The van der Waals surface area contributed by atoms with Crippen molar-refractivity contribution < 1.29 is 4.79 Å². The Kier molecular flexibility index (Phi) is 4.14. The second-order valence-corrected chi connectivity index (χ2v) is 7.21. The molecule has 1 N–H and O–H groups in total. The fourth-order valence-electron chi connectivity index (χ4n) is 3.45. The number of pyridine rings is 1. The van der Waals surface area contributed by atoms with Crippen molar-refractivity contribution in [3.63, 3.8) is 0 Å². The quantitative estimate of drug-likeness (QED) is 0.638. The standard InChI is InChI=1S/C20H16Cl2N2O/c1-11-9-12(21)5-7-16(11)24-20(25)19-14-3-2-4-17(14)23-18-8-6-13(22)10-15(18)19/h5-10H,2-4H2,1H3,(H,24,25). The highest BCUT2D eigenvalue weighted by Gasteiger charge is 2.24. The average Bonchev–Trinajstić information content (AvgIpc) is 3.03. The van der Waals surface area contributed by atoms with Crippen molar-refractivity contribution in [1.29, 1.82) is 0 Å². The van der Waals surface area contributed by atoms with Crippen LogP contribution in [-0.4, -0.2) is 10.9 Å². The lowest BCUT2D eigenvalue weighted by atomic mass is 10.00. The van der Waals surface area contributed by atoms with Gasteiger partial charge in [0.1, 0.15) is 0 Å². The van der Waals surface area contributed by atoms with E-state index in [4.69, 9.17) is 28.2 Å². The predicted molar refractivity (Wildman–Crippen MR) is 103 cm³/mol. The van der Waals surface area contributed by atoms with Crippen molar-refractivity contribution in [2.75, 3.05) is 5.32 Å². The summed E-state index contributed by atoms with van der Waals surface area (Å²) >= 11 is 12.2. The Morgan fingerprint density at radius 2 is 1.84 bits per heavy atom. The number of halogens is 2. The first-order valence-corrected chi connectivity index (χ1v) is 8.97. The molecule has 25 heavy (non-hydrogen) atoms. The fraction of sp³-hybridized carbons (Fsp3) is 0.200. The average molecular weight is 371 g/mol. The molecule has 0 bridgehead atoms. The molecular weight excluding hydrogens is 355 g/mol. The lowest BCUT2D eigenvalue weighted by molar-refractivity contribution is 0.102. The predicted octanol–water partition coefficient (Wildman–Crippen LogP) is 5.59. The van der Waals surface area contributed by atoms with Gasteiger partial charge < -0.3 is 5.32 Å². The molecule has 3 aromatic rings. The van der Waals surface area contributed by atoms with Crippen LogP contribution in [-0.2, 0) is 12.8 Å². The number of carbonyl (C=O) groups is 1. The van der Waals surface area contributed by atoms with Gasteiger partial charge in [-0.2, -0.15) is 0 Å². The minimum absolute atomic E-state index is 0.127. The van der Waals surface area contributed by atoms with Gasteiger partial charge in [-0.15, -0.1) is 0 Å². The van der Waals surface area contributed by atoms with Crippen molar-refractivity contribution in [2.24, 2.45) is 0 Å². The number of rotatable bonds is 2. The topological polar surface area (TPSA) is 42.0 Å². The molecule has 2 aromatic carbocycles. The molecule has 0 atom stereocenters.